The largest absolute Gasteiger partial charge is 0.497 e. The molecule has 35 heavy (non-hydrogen) atoms. The fourth-order valence-corrected chi connectivity index (χ4v) is 4.73. The van der Waals surface area contributed by atoms with E-state index in [0.717, 1.165) is 61.3 Å². The van der Waals surface area contributed by atoms with E-state index in [0.29, 0.717) is 19.6 Å². The minimum Gasteiger partial charge on any atom is -0.497 e. The van der Waals surface area contributed by atoms with E-state index in [4.69, 9.17) is 18.9 Å². The second-order valence-electron chi connectivity index (χ2n) is 9.49. The number of benzene rings is 2. The summed E-state index contributed by atoms with van der Waals surface area (Å²) in [6.45, 7) is 4.05. The Kier molecular flexibility index (Phi) is 9.57. The molecule has 0 aliphatic carbocycles. The maximum atomic E-state index is 12.4. The van der Waals surface area contributed by atoms with Crippen molar-refractivity contribution in [2.45, 2.75) is 83.3 Å². The topological polar surface area (TPSA) is 57.2 Å². The van der Waals surface area contributed by atoms with Crippen LogP contribution >= 0.6 is 0 Å². The Hall–Kier alpha value is -2.41. The molecule has 190 valence electrons. The van der Waals surface area contributed by atoms with Crippen molar-refractivity contribution in [3.63, 3.8) is 0 Å². The smallest absolute Gasteiger partial charge is 0.229 e. The van der Waals surface area contributed by atoms with Crippen molar-refractivity contribution in [2.24, 2.45) is 0 Å². The number of β-lactam (4-membered cyclic amide) rings is 1. The first-order chi connectivity index (χ1) is 17.2. The van der Waals surface area contributed by atoms with Gasteiger partial charge >= 0.3 is 0 Å². The molecule has 1 amide bonds. The molecule has 0 saturated carbocycles. The number of anilines is 1. The highest BCUT2D eigenvalue weighted by atomic mass is 16.7. The molecule has 4 rings (SSSR count). The molecule has 2 aromatic carbocycles. The summed E-state index contributed by atoms with van der Waals surface area (Å²) < 4.78 is 23.2. The van der Waals surface area contributed by atoms with Crippen molar-refractivity contribution >= 4 is 11.6 Å². The molecule has 2 aliphatic rings. The quantitative estimate of drug-likeness (QED) is 0.252. The fraction of sp³-hybridized carbons (Fsp3) is 0.552. The molecular weight excluding hydrogens is 442 g/mol. The van der Waals surface area contributed by atoms with Crippen molar-refractivity contribution in [3.8, 4) is 5.75 Å². The van der Waals surface area contributed by atoms with Crippen LogP contribution in [0.25, 0.3) is 0 Å². The van der Waals surface area contributed by atoms with E-state index < -0.39 is 0 Å². The molecular formula is C29H39NO5. The molecule has 2 saturated heterocycles. The molecule has 6 heteroatoms. The summed E-state index contributed by atoms with van der Waals surface area (Å²) in [5.41, 5.74) is 3.19. The van der Waals surface area contributed by atoms with Gasteiger partial charge in [0.25, 0.3) is 0 Å². The number of hydrogen-bond donors (Lipinski definition) is 0. The Balaban J connectivity index is 1.36. The standard InChI is InChI=1S/C29H39NO5/c1-3-4-5-8-27(34-20-22-10-16-26(32-2)17-11-22)23-12-14-24(15-13-23)30-25(19-28(30)31)21-35-29-9-6-7-18-33-29/h10-17,25,27,29H,3-9,18-21H2,1-2H3/t25-,27?,29?/m1/s1. The minimum atomic E-state index is -0.129. The number of rotatable bonds is 13. The van der Waals surface area contributed by atoms with E-state index in [2.05, 4.69) is 19.1 Å². The van der Waals surface area contributed by atoms with Crippen LogP contribution in [-0.4, -0.2) is 38.6 Å². The molecule has 0 N–H and O–H groups in total. The summed E-state index contributed by atoms with van der Waals surface area (Å²) in [7, 11) is 1.67. The van der Waals surface area contributed by atoms with Gasteiger partial charge in [0, 0.05) is 12.3 Å². The highest BCUT2D eigenvalue weighted by Gasteiger charge is 2.38. The highest BCUT2D eigenvalue weighted by molar-refractivity contribution is 6.00. The number of methoxy groups -OCH3 is 1. The van der Waals surface area contributed by atoms with E-state index in [1.54, 1.807) is 7.11 Å². The fourth-order valence-electron chi connectivity index (χ4n) is 4.73. The normalized spacial score (nSPS) is 21.0. The summed E-state index contributed by atoms with van der Waals surface area (Å²) >= 11 is 0. The van der Waals surface area contributed by atoms with Crippen molar-refractivity contribution in [1.82, 2.24) is 0 Å². The lowest BCUT2D eigenvalue weighted by atomic mass is 9.99. The molecule has 2 heterocycles. The zero-order valence-electron chi connectivity index (χ0n) is 21.1. The van der Waals surface area contributed by atoms with Gasteiger partial charge in [0.2, 0.25) is 5.91 Å². The predicted octanol–water partition coefficient (Wildman–Crippen LogP) is 6.18. The van der Waals surface area contributed by atoms with E-state index in [-0.39, 0.29) is 24.3 Å². The number of hydrogen-bond acceptors (Lipinski definition) is 5. The van der Waals surface area contributed by atoms with Gasteiger partial charge in [-0.3, -0.25) is 4.79 Å². The predicted molar refractivity (Wildman–Crippen MR) is 137 cm³/mol. The van der Waals surface area contributed by atoms with Gasteiger partial charge in [-0.1, -0.05) is 50.5 Å². The minimum absolute atomic E-state index is 0.0207. The van der Waals surface area contributed by atoms with Gasteiger partial charge in [0.1, 0.15) is 5.75 Å². The summed E-state index contributed by atoms with van der Waals surface area (Å²) in [5.74, 6) is 0.991. The highest BCUT2D eigenvalue weighted by Crippen LogP contribution is 2.32. The van der Waals surface area contributed by atoms with Crippen LogP contribution in [0, 0.1) is 0 Å². The average Bonchev–Trinajstić information content (AvgIpc) is 2.90. The first-order valence-electron chi connectivity index (χ1n) is 13.1. The third kappa shape index (κ3) is 7.06. The van der Waals surface area contributed by atoms with Crippen LogP contribution in [0.5, 0.6) is 5.75 Å². The lowest BCUT2D eigenvalue weighted by Crippen LogP contribution is -2.55. The number of carbonyl (C=O) groups excluding carboxylic acids is 1. The Morgan fingerprint density at radius 2 is 1.86 bits per heavy atom. The second kappa shape index (κ2) is 13.1. The van der Waals surface area contributed by atoms with Crippen molar-refractivity contribution in [3.05, 3.63) is 59.7 Å². The second-order valence-corrected chi connectivity index (χ2v) is 9.49. The lowest BCUT2D eigenvalue weighted by Gasteiger charge is -2.41. The first kappa shape index (κ1) is 25.7. The van der Waals surface area contributed by atoms with Crippen LogP contribution in [0.4, 0.5) is 5.69 Å². The van der Waals surface area contributed by atoms with Crippen LogP contribution in [0.1, 0.15) is 75.5 Å². The molecule has 2 unspecified atom stereocenters. The molecule has 2 aliphatic heterocycles. The average molecular weight is 482 g/mol. The molecule has 6 nitrogen and oxygen atoms in total. The third-order valence-corrected chi connectivity index (χ3v) is 6.88. The van der Waals surface area contributed by atoms with Gasteiger partial charge < -0.3 is 23.8 Å². The first-order valence-corrected chi connectivity index (χ1v) is 13.1. The Bertz CT molecular complexity index is 908. The SMILES string of the molecule is CCCCCC(OCc1ccc(OC)cc1)c1ccc(N2C(=O)C[C@@H]2COC2CCCCO2)cc1. The molecule has 0 bridgehead atoms. The maximum absolute atomic E-state index is 12.4. The van der Waals surface area contributed by atoms with Crippen molar-refractivity contribution in [1.29, 1.82) is 0 Å². The van der Waals surface area contributed by atoms with Gasteiger partial charge in [-0.25, -0.2) is 0 Å². The molecule has 0 spiro atoms. The van der Waals surface area contributed by atoms with Crippen LogP contribution in [0.15, 0.2) is 48.5 Å². The molecule has 2 aromatic rings. The van der Waals surface area contributed by atoms with Crippen molar-refractivity contribution in [2.75, 3.05) is 25.2 Å². The van der Waals surface area contributed by atoms with Gasteiger partial charge in [0.05, 0.1) is 38.9 Å². The molecule has 3 atom stereocenters. The van der Waals surface area contributed by atoms with E-state index >= 15 is 0 Å². The Morgan fingerprint density at radius 3 is 2.51 bits per heavy atom. The van der Waals surface area contributed by atoms with E-state index in [1.165, 1.54) is 12.8 Å². The summed E-state index contributed by atoms with van der Waals surface area (Å²) in [6, 6.07) is 16.4. The van der Waals surface area contributed by atoms with Crippen molar-refractivity contribution < 1.29 is 23.7 Å². The molecule has 0 aromatic heterocycles. The zero-order chi connectivity index (χ0) is 24.5. The van der Waals surface area contributed by atoms with E-state index in [9.17, 15) is 4.79 Å². The summed E-state index contributed by atoms with van der Waals surface area (Å²) in [5, 5.41) is 0. The number of amides is 1. The molecule has 0 radical (unpaired) electrons. The van der Waals surface area contributed by atoms with Crippen LogP contribution in [0.2, 0.25) is 0 Å². The number of ether oxygens (including phenoxy) is 4. The monoisotopic (exact) mass is 481 g/mol. The zero-order valence-corrected chi connectivity index (χ0v) is 21.1. The summed E-state index contributed by atoms with van der Waals surface area (Å²) in [6.07, 6.45) is 8.06. The number of nitrogens with zero attached hydrogens (tertiary/aromatic N) is 1. The maximum Gasteiger partial charge on any atom is 0.229 e. The third-order valence-electron chi connectivity index (χ3n) is 6.88. The lowest BCUT2D eigenvalue weighted by molar-refractivity contribution is -0.168. The van der Waals surface area contributed by atoms with Crippen LogP contribution < -0.4 is 9.64 Å². The Morgan fingerprint density at radius 1 is 1.06 bits per heavy atom. The molecule has 2 fully saturated rings. The van der Waals surface area contributed by atoms with Gasteiger partial charge in [0.15, 0.2) is 6.29 Å². The van der Waals surface area contributed by atoms with Crippen LogP contribution in [0.3, 0.4) is 0 Å². The Labute approximate surface area is 209 Å². The van der Waals surface area contributed by atoms with Gasteiger partial charge in [-0.05, 0) is 61.1 Å². The van der Waals surface area contributed by atoms with Crippen LogP contribution in [-0.2, 0) is 25.6 Å². The van der Waals surface area contributed by atoms with Gasteiger partial charge in [-0.2, -0.15) is 0 Å². The summed E-state index contributed by atoms with van der Waals surface area (Å²) in [4.78, 5) is 14.3. The van der Waals surface area contributed by atoms with E-state index in [1.807, 2.05) is 41.3 Å². The number of unbranched alkanes of at least 4 members (excludes halogenated alkanes) is 2. The van der Waals surface area contributed by atoms with Gasteiger partial charge in [-0.15, -0.1) is 0 Å². The number of carbonyl (C=O) groups is 1.